The van der Waals surface area contributed by atoms with Crippen molar-refractivity contribution < 1.29 is 53.7 Å². The van der Waals surface area contributed by atoms with Crippen molar-refractivity contribution >= 4 is 5.97 Å². The first-order valence-corrected chi connectivity index (χ1v) is 8.90. The molecule has 0 aromatic heterocycles. The Morgan fingerprint density at radius 1 is 1.00 bits per heavy atom. The summed E-state index contributed by atoms with van der Waals surface area (Å²) >= 11 is 0. The molecule has 0 saturated heterocycles. The summed E-state index contributed by atoms with van der Waals surface area (Å²) in [5.74, 6) is 5.67. The van der Waals surface area contributed by atoms with Gasteiger partial charge in [-0.2, -0.15) is 0 Å². The molecule has 1 aromatic rings. The zero-order chi connectivity index (χ0) is 18.7. The summed E-state index contributed by atoms with van der Waals surface area (Å²) in [5.41, 5.74) is 0.239. The molecule has 0 spiro atoms. The van der Waals surface area contributed by atoms with Crippen LogP contribution in [0.5, 0.6) is 17.2 Å². The third-order valence-electron chi connectivity index (χ3n) is 3.42. The summed E-state index contributed by atoms with van der Waals surface area (Å²) in [6.45, 7) is 8.72. The topological polar surface area (TPSA) is 67.8 Å². The van der Waals surface area contributed by atoms with Gasteiger partial charge in [0.2, 0.25) is 5.75 Å². The minimum absolute atomic E-state index is 0. The fraction of sp³-hybridized carbons (Fsp3) is 0.550. The first-order valence-electron chi connectivity index (χ1n) is 8.90. The predicted octanol–water partition coefficient (Wildman–Crippen LogP) is 0.182. The average Bonchev–Trinajstić information content (AvgIpc) is 2.58. The number of benzene rings is 1. The first kappa shape index (κ1) is 24.7. The summed E-state index contributed by atoms with van der Waals surface area (Å²) in [5, 5.41) is 11.6. The molecule has 26 heavy (non-hydrogen) atoms. The normalized spacial score (nSPS) is 9.54. The van der Waals surface area contributed by atoms with Gasteiger partial charge in [0.05, 0.1) is 31.4 Å². The van der Waals surface area contributed by atoms with Gasteiger partial charge in [0.15, 0.2) is 11.5 Å². The van der Waals surface area contributed by atoms with Crippen LogP contribution in [0.1, 0.15) is 69.3 Å². The van der Waals surface area contributed by atoms with Crippen LogP contribution < -0.4 is 48.9 Å². The largest absolute Gasteiger partial charge is 1.00 e. The number of unbranched alkanes of at least 4 members (excludes halogenated alkanes) is 3. The Morgan fingerprint density at radius 2 is 1.62 bits per heavy atom. The van der Waals surface area contributed by atoms with Gasteiger partial charge in [0.1, 0.15) is 0 Å². The minimum Gasteiger partial charge on any atom is -0.545 e. The van der Waals surface area contributed by atoms with Crippen LogP contribution in [0.2, 0.25) is 0 Å². The summed E-state index contributed by atoms with van der Waals surface area (Å²) in [6, 6.07) is 1.41. The Kier molecular flexibility index (Phi) is 13.1. The average molecular weight is 370 g/mol. The van der Waals surface area contributed by atoms with E-state index < -0.39 is 5.97 Å². The van der Waals surface area contributed by atoms with E-state index in [9.17, 15) is 9.90 Å². The molecule has 0 fully saturated rings. The molecule has 6 heteroatoms. The monoisotopic (exact) mass is 370 g/mol. The Labute approximate surface area is 178 Å². The van der Waals surface area contributed by atoms with Crippen molar-refractivity contribution in [1.82, 2.24) is 0 Å². The number of carboxylic acids is 1. The molecule has 0 N–H and O–H groups in total. The molecule has 0 heterocycles. The first-order chi connectivity index (χ1) is 12.1. The number of aromatic carboxylic acids is 1. The second kappa shape index (κ2) is 13.8. The van der Waals surface area contributed by atoms with Crippen LogP contribution in [-0.2, 0) is 0 Å². The Bertz CT molecular complexity index is 631. The zero-order valence-electron chi connectivity index (χ0n) is 16.6. The molecule has 138 valence electrons. The summed E-state index contributed by atoms with van der Waals surface area (Å²) < 4.78 is 16.9. The van der Waals surface area contributed by atoms with Gasteiger partial charge in [-0.3, -0.25) is 0 Å². The fourth-order valence-corrected chi connectivity index (χ4v) is 2.34. The molecule has 0 radical (unpaired) electrons. The molecule has 0 bridgehead atoms. The van der Waals surface area contributed by atoms with Crippen molar-refractivity contribution in [1.29, 1.82) is 0 Å². The molecular formula is C20H27NaO5. The van der Waals surface area contributed by atoms with E-state index in [1.54, 1.807) is 0 Å². The van der Waals surface area contributed by atoms with Gasteiger partial charge >= 0.3 is 29.6 Å². The van der Waals surface area contributed by atoms with Crippen molar-refractivity contribution in [2.24, 2.45) is 0 Å². The maximum atomic E-state index is 11.6. The van der Waals surface area contributed by atoms with E-state index in [1.807, 2.05) is 20.8 Å². The number of carbonyl (C=O) groups excluding carboxylic acids is 1. The van der Waals surface area contributed by atoms with Crippen molar-refractivity contribution in [2.75, 3.05) is 19.8 Å². The molecule has 1 rings (SSSR count). The van der Waals surface area contributed by atoms with E-state index in [2.05, 4.69) is 18.8 Å². The van der Waals surface area contributed by atoms with Crippen LogP contribution in [0, 0.1) is 11.8 Å². The Morgan fingerprint density at radius 3 is 2.15 bits per heavy atom. The molecule has 0 amide bonds. The van der Waals surface area contributed by atoms with E-state index in [-0.39, 0.29) is 40.7 Å². The molecule has 5 nitrogen and oxygen atoms in total. The second-order valence-electron chi connectivity index (χ2n) is 5.30. The quantitative estimate of drug-likeness (QED) is 0.334. The van der Waals surface area contributed by atoms with E-state index in [4.69, 9.17) is 14.2 Å². The van der Waals surface area contributed by atoms with Gasteiger partial charge in [-0.1, -0.05) is 31.6 Å². The molecule has 0 aliphatic rings. The van der Waals surface area contributed by atoms with Crippen molar-refractivity contribution in [2.45, 2.75) is 53.4 Å². The van der Waals surface area contributed by atoms with E-state index in [0.717, 1.165) is 19.3 Å². The molecule has 0 aliphatic heterocycles. The molecule has 0 atom stereocenters. The van der Waals surface area contributed by atoms with Crippen LogP contribution in [-0.4, -0.2) is 25.8 Å². The molecule has 0 unspecified atom stereocenters. The standard InChI is InChI=1S/C20H28O5.Na/c1-5-9-10-11-12-13-15-16(20(21)22)14-17(23-6-2)19(25-8-4)18(15)24-7-3;/h14H,5-11H2,1-4H3,(H,21,22);/q;+1/p-1. The SMILES string of the molecule is CCCCCC#Cc1c(C(=O)[O-])cc(OCC)c(OCC)c1OCC.[Na+]. The molecular weight excluding hydrogens is 343 g/mol. The number of hydrogen-bond acceptors (Lipinski definition) is 5. The number of carboxylic acid groups (broad SMARTS) is 1. The predicted molar refractivity (Wildman–Crippen MR) is 95.3 cm³/mol. The van der Waals surface area contributed by atoms with Crippen molar-refractivity contribution in [3.8, 4) is 29.1 Å². The number of hydrogen-bond donors (Lipinski definition) is 0. The second-order valence-corrected chi connectivity index (χ2v) is 5.30. The smallest absolute Gasteiger partial charge is 0.545 e. The van der Waals surface area contributed by atoms with Crippen molar-refractivity contribution in [3.05, 3.63) is 17.2 Å². The maximum Gasteiger partial charge on any atom is 1.00 e. The van der Waals surface area contributed by atoms with Crippen LogP contribution in [0.25, 0.3) is 0 Å². The maximum absolute atomic E-state index is 11.6. The summed E-state index contributed by atoms with van der Waals surface area (Å²) in [7, 11) is 0. The molecule has 0 aliphatic carbocycles. The van der Waals surface area contributed by atoms with E-state index in [1.165, 1.54) is 6.07 Å². The number of ether oxygens (including phenoxy) is 3. The zero-order valence-corrected chi connectivity index (χ0v) is 18.6. The van der Waals surface area contributed by atoms with E-state index >= 15 is 0 Å². The molecule has 0 saturated carbocycles. The fourth-order valence-electron chi connectivity index (χ4n) is 2.34. The summed E-state index contributed by atoms with van der Waals surface area (Å²) in [6.07, 6.45) is 3.87. The van der Waals surface area contributed by atoms with Gasteiger partial charge in [0, 0.05) is 12.0 Å². The van der Waals surface area contributed by atoms with Gasteiger partial charge in [0.25, 0.3) is 0 Å². The van der Waals surface area contributed by atoms with Crippen molar-refractivity contribution in [3.63, 3.8) is 0 Å². The van der Waals surface area contributed by atoms with Gasteiger partial charge < -0.3 is 24.1 Å². The Balaban J connectivity index is 0.00000625. The van der Waals surface area contributed by atoms with Crippen LogP contribution >= 0.6 is 0 Å². The molecule has 1 aromatic carbocycles. The minimum atomic E-state index is -1.32. The van der Waals surface area contributed by atoms with Gasteiger partial charge in [-0.05, 0) is 33.3 Å². The van der Waals surface area contributed by atoms with Crippen LogP contribution in [0.4, 0.5) is 0 Å². The third kappa shape index (κ3) is 7.11. The van der Waals surface area contributed by atoms with Crippen LogP contribution in [0.3, 0.4) is 0 Å². The van der Waals surface area contributed by atoms with Gasteiger partial charge in [-0.25, -0.2) is 0 Å². The number of rotatable bonds is 10. The third-order valence-corrected chi connectivity index (χ3v) is 3.42. The van der Waals surface area contributed by atoms with Gasteiger partial charge in [-0.15, -0.1) is 0 Å². The summed E-state index contributed by atoms with van der Waals surface area (Å²) in [4.78, 5) is 11.6. The van der Waals surface area contributed by atoms with E-state index in [0.29, 0.717) is 43.5 Å². The number of carbonyl (C=O) groups is 1. The van der Waals surface area contributed by atoms with Crippen LogP contribution in [0.15, 0.2) is 6.07 Å². The Hall–Kier alpha value is -1.35.